The monoisotopic (exact) mass is 465 g/mol. The van der Waals surface area contributed by atoms with Crippen LogP contribution in [-0.4, -0.2) is 55.4 Å². The minimum atomic E-state index is -0.351. The molecule has 1 aliphatic rings. The van der Waals surface area contributed by atoms with Gasteiger partial charge in [0.25, 0.3) is 0 Å². The molecule has 1 aromatic carbocycles. The summed E-state index contributed by atoms with van der Waals surface area (Å²) in [6, 6.07) is 6.40. The number of halogens is 2. The summed E-state index contributed by atoms with van der Waals surface area (Å²) in [6.45, 7) is 4.37. The van der Waals surface area contributed by atoms with Crippen LogP contribution in [0.4, 0.5) is 4.39 Å². The van der Waals surface area contributed by atoms with Crippen LogP contribution in [0.5, 0.6) is 5.75 Å². The Hall–Kier alpha value is -1.09. The van der Waals surface area contributed by atoms with Crippen LogP contribution in [0.2, 0.25) is 0 Å². The van der Waals surface area contributed by atoms with Crippen molar-refractivity contribution in [1.82, 2.24) is 10.2 Å². The standard InChI is InChI=1S/C18H28FN3O2.HI/c1-3-20-18(21-13-14-7-6-9-16(14)23)22(2)11-12-24-17-10-5-4-8-15(17)19;/h4-5,8,10,14,16,23H,3,6-7,9,11-13H2,1-2H3,(H,20,21);1H. The lowest BCUT2D eigenvalue weighted by Gasteiger charge is -2.23. The van der Waals surface area contributed by atoms with Crippen LogP contribution < -0.4 is 10.1 Å². The van der Waals surface area contributed by atoms with Crippen molar-refractivity contribution in [2.75, 3.05) is 33.3 Å². The molecule has 5 nitrogen and oxygen atoms in total. The first-order chi connectivity index (χ1) is 11.6. The highest BCUT2D eigenvalue weighted by Gasteiger charge is 2.25. The van der Waals surface area contributed by atoms with E-state index in [1.165, 1.54) is 6.07 Å². The molecule has 25 heavy (non-hydrogen) atoms. The number of aliphatic imine (C=N–C) groups is 1. The van der Waals surface area contributed by atoms with Crippen LogP contribution in [0.25, 0.3) is 0 Å². The summed E-state index contributed by atoms with van der Waals surface area (Å²) in [4.78, 5) is 6.59. The first-order valence-electron chi connectivity index (χ1n) is 8.66. The molecule has 2 unspecified atom stereocenters. The average molecular weight is 465 g/mol. The smallest absolute Gasteiger partial charge is 0.193 e. The molecule has 2 atom stereocenters. The van der Waals surface area contributed by atoms with Crippen LogP contribution in [0.15, 0.2) is 29.3 Å². The van der Waals surface area contributed by atoms with Gasteiger partial charge in [0.2, 0.25) is 0 Å². The number of hydrogen-bond donors (Lipinski definition) is 2. The second kappa shape index (κ2) is 11.5. The maximum Gasteiger partial charge on any atom is 0.193 e. The molecule has 0 amide bonds. The molecule has 1 aliphatic carbocycles. The van der Waals surface area contributed by atoms with E-state index >= 15 is 0 Å². The number of rotatable bonds is 7. The van der Waals surface area contributed by atoms with E-state index in [2.05, 4.69) is 10.3 Å². The Morgan fingerprint density at radius 2 is 2.16 bits per heavy atom. The number of nitrogens with one attached hydrogen (secondary N) is 1. The molecule has 0 heterocycles. The SMILES string of the molecule is CCNC(=NCC1CCCC1O)N(C)CCOc1ccccc1F.I. The maximum absolute atomic E-state index is 13.5. The fourth-order valence-corrected chi connectivity index (χ4v) is 2.86. The van der Waals surface area contributed by atoms with Gasteiger partial charge < -0.3 is 20.1 Å². The quantitative estimate of drug-likeness (QED) is 0.370. The topological polar surface area (TPSA) is 57.1 Å². The maximum atomic E-state index is 13.5. The van der Waals surface area contributed by atoms with Gasteiger partial charge in [-0.05, 0) is 31.9 Å². The summed E-state index contributed by atoms with van der Waals surface area (Å²) in [6.07, 6.45) is 2.75. The molecular weight excluding hydrogens is 436 g/mol. The number of guanidine groups is 1. The fourth-order valence-electron chi connectivity index (χ4n) is 2.86. The first kappa shape index (κ1) is 22.0. The molecule has 0 aromatic heterocycles. The second-order valence-corrected chi connectivity index (χ2v) is 6.15. The molecule has 0 spiro atoms. The number of hydrogen-bond acceptors (Lipinski definition) is 3. The van der Waals surface area contributed by atoms with E-state index in [0.717, 1.165) is 31.8 Å². The summed E-state index contributed by atoms with van der Waals surface area (Å²) in [5, 5.41) is 13.2. The van der Waals surface area contributed by atoms with Gasteiger partial charge in [-0.15, -0.1) is 24.0 Å². The zero-order chi connectivity index (χ0) is 17.4. The predicted molar refractivity (Wildman–Crippen MR) is 109 cm³/mol. The van der Waals surface area contributed by atoms with Crippen molar-refractivity contribution < 1.29 is 14.2 Å². The highest BCUT2D eigenvalue weighted by Crippen LogP contribution is 2.25. The third kappa shape index (κ3) is 6.97. The van der Waals surface area contributed by atoms with Gasteiger partial charge in [-0.2, -0.15) is 0 Å². The van der Waals surface area contributed by atoms with Gasteiger partial charge >= 0.3 is 0 Å². The zero-order valence-electron chi connectivity index (χ0n) is 14.9. The van der Waals surface area contributed by atoms with Crippen molar-refractivity contribution in [3.05, 3.63) is 30.1 Å². The molecule has 7 heteroatoms. The van der Waals surface area contributed by atoms with Crippen molar-refractivity contribution in [3.63, 3.8) is 0 Å². The molecule has 1 fully saturated rings. The lowest BCUT2D eigenvalue weighted by molar-refractivity contribution is 0.136. The van der Waals surface area contributed by atoms with Crippen molar-refractivity contribution in [2.24, 2.45) is 10.9 Å². The lowest BCUT2D eigenvalue weighted by atomic mass is 10.1. The van der Waals surface area contributed by atoms with Crippen molar-refractivity contribution in [2.45, 2.75) is 32.3 Å². The first-order valence-corrected chi connectivity index (χ1v) is 8.66. The number of nitrogens with zero attached hydrogens (tertiary/aromatic N) is 2. The molecule has 0 saturated heterocycles. The van der Waals surface area contributed by atoms with Gasteiger partial charge in [0, 0.05) is 26.1 Å². The molecule has 0 radical (unpaired) electrons. The molecule has 142 valence electrons. The summed E-state index contributed by atoms with van der Waals surface area (Å²) in [7, 11) is 1.93. The number of aliphatic hydroxyl groups excluding tert-OH is 1. The molecule has 0 aliphatic heterocycles. The van der Waals surface area contributed by atoms with Gasteiger partial charge in [-0.25, -0.2) is 4.39 Å². The van der Waals surface area contributed by atoms with E-state index < -0.39 is 0 Å². The second-order valence-electron chi connectivity index (χ2n) is 6.15. The molecule has 2 rings (SSSR count). The normalized spacial score (nSPS) is 20.1. The van der Waals surface area contributed by atoms with Gasteiger partial charge in [0.1, 0.15) is 6.61 Å². The van der Waals surface area contributed by atoms with Gasteiger partial charge in [0.15, 0.2) is 17.5 Å². The summed E-state index contributed by atoms with van der Waals surface area (Å²) in [5.41, 5.74) is 0. The number of aliphatic hydroxyl groups is 1. The highest BCUT2D eigenvalue weighted by molar-refractivity contribution is 14.0. The van der Waals surface area contributed by atoms with E-state index in [9.17, 15) is 9.50 Å². The Bertz CT molecular complexity index is 545. The van der Waals surface area contributed by atoms with E-state index in [0.29, 0.717) is 19.7 Å². The molecular formula is C18H29FIN3O2. The minimum absolute atomic E-state index is 0. The molecule has 1 saturated carbocycles. The third-order valence-corrected chi connectivity index (χ3v) is 4.31. The van der Waals surface area contributed by atoms with Crippen molar-refractivity contribution in [1.29, 1.82) is 0 Å². The Kier molecular flexibility index (Phi) is 10.1. The Morgan fingerprint density at radius 1 is 1.40 bits per heavy atom. The number of likely N-dealkylation sites (N-methyl/N-ethyl adjacent to an activating group) is 1. The number of benzene rings is 1. The van der Waals surface area contributed by atoms with E-state index in [-0.39, 0.29) is 47.6 Å². The minimum Gasteiger partial charge on any atom is -0.489 e. The predicted octanol–water partition coefficient (Wildman–Crippen LogP) is 2.88. The summed E-state index contributed by atoms with van der Waals surface area (Å²) >= 11 is 0. The fraction of sp³-hybridized carbons (Fsp3) is 0.611. The lowest BCUT2D eigenvalue weighted by Crippen LogP contribution is -2.41. The van der Waals surface area contributed by atoms with Crippen LogP contribution >= 0.6 is 24.0 Å². The van der Waals surface area contributed by atoms with E-state index in [1.807, 2.05) is 18.9 Å². The van der Waals surface area contributed by atoms with Gasteiger partial charge in [-0.3, -0.25) is 4.99 Å². The average Bonchev–Trinajstić information content (AvgIpc) is 2.98. The number of para-hydroxylation sites is 1. The van der Waals surface area contributed by atoms with Gasteiger partial charge in [-0.1, -0.05) is 18.6 Å². The van der Waals surface area contributed by atoms with Crippen LogP contribution in [0.3, 0.4) is 0 Å². The summed E-state index contributed by atoms with van der Waals surface area (Å²) in [5.74, 6) is 0.952. The van der Waals surface area contributed by atoms with Crippen LogP contribution in [0, 0.1) is 11.7 Å². The summed E-state index contributed by atoms with van der Waals surface area (Å²) < 4.78 is 19.0. The Balaban J connectivity index is 0.00000312. The number of ether oxygens (including phenoxy) is 1. The zero-order valence-corrected chi connectivity index (χ0v) is 17.3. The molecule has 1 aromatic rings. The largest absolute Gasteiger partial charge is 0.489 e. The van der Waals surface area contributed by atoms with Crippen molar-refractivity contribution >= 4 is 29.9 Å². The molecule has 2 N–H and O–H groups in total. The van der Waals surface area contributed by atoms with Crippen LogP contribution in [-0.2, 0) is 0 Å². The molecule has 0 bridgehead atoms. The van der Waals surface area contributed by atoms with Crippen LogP contribution in [0.1, 0.15) is 26.2 Å². The third-order valence-electron chi connectivity index (χ3n) is 4.31. The Labute approximate surface area is 166 Å². The van der Waals surface area contributed by atoms with Gasteiger partial charge in [0.05, 0.1) is 12.6 Å². The highest BCUT2D eigenvalue weighted by atomic mass is 127. The Morgan fingerprint density at radius 3 is 2.80 bits per heavy atom. The van der Waals surface area contributed by atoms with E-state index in [4.69, 9.17) is 4.74 Å². The van der Waals surface area contributed by atoms with E-state index in [1.54, 1.807) is 18.2 Å². The van der Waals surface area contributed by atoms with Crippen molar-refractivity contribution in [3.8, 4) is 5.75 Å².